The SMILES string of the molecule is CCN(Cc1ccccc1)c1cc(C)nc(C)c1CN. The normalized spacial score (nSPS) is 10.6. The van der Waals surface area contributed by atoms with Crippen LogP contribution in [0.1, 0.15) is 29.4 Å². The number of hydrogen-bond acceptors (Lipinski definition) is 3. The zero-order valence-corrected chi connectivity index (χ0v) is 12.6. The van der Waals surface area contributed by atoms with Gasteiger partial charge in [0.1, 0.15) is 0 Å². The van der Waals surface area contributed by atoms with Gasteiger partial charge in [-0.3, -0.25) is 4.98 Å². The van der Waals surface area contributed by atoms with E-state index in [0.717, 1.165) is 30.0 Å². The maximum Gasteiger partial charge on any atom is 0.0451 e. The second-order valence-electron chi connectivity index (χ2n) is 5.05. The van der Waals surface area contributed by atoms with Crippen molar-refractivity contribution >= 4 is 5.69 Å². The standard InChI is InChI=1S/C17H23N3/c1-4-20(12-15-8-6-5-7-9-15)17-10-13(2)19-14(3)16(17)11-18/h5-10H,4,11-12,18H2,1-3H3. The van der Waals surface area contributed by atoms with Gasteiger partial charge in [0.2, 0.25) is 0 Å². The Morgan fingerprint density at radius 1 is 1.15 bits per heavy atom. The number of aromatic nitrogens is 1. The van der Waals surface area contributed by atoms with E-state index >= 15 is 0 Å². The largest absolute Gasteiger partial charge is 0.367 e. The lowest BCUT2D eigenvalue weighted by molar-refractivity contribution is 0.813. The third-order valence-corrected chi connectivity index (χ3v) is 3.58. The summed E-state index contributed by atoms with van der Waals surface area (Å²) in [6.45, 7) is 8.62. The average molecular weight is 269 g/mol. The van der Waals surface area contributed by atoms with Crippen molar-refractivity contribution in [3.05, 3.63) is 58.9 Å². The van der Waals surface area contributed by atoms with E-state index in [0.29, 0.717) is 6.54 Å². The molecule has 0 saturated carbocycles. The quantitative estimate of drug-likeness (QED) is 0.906. The number of hydrogen-bond donors (Lipinski definition) is 1. The number of benzene rings is 1. The Kier molecular flexibility index (Phi) is 4.74. The molecule has 0 fully saturated rings. The van der Waals surface area contributed by atoms with Crippen molar-refractivity contribution in [1.82, 2.24) is 4.98 Å². The van der Waals surface area contributed by atoms with E-state index in [4.69, 9.17) is 5.73 Å². The summed E-state index contributed by atoms with van der Waals surface area (Å²) in [5, 5.41) is 0. The predicted octanol–water partition coefficient (Wildman–Crippen LogP) is 3.18. The summed E-state index contributed by atoms with van der Waals surface area (Å²) in [5.41, 5.74) is 11.7. The zero-order valence-electron chi connectivity index (χ0n) is 12.6. The van der Waals surface area contributed by atoms with Crippen LogP contribution in [-0.4, -0.2) is 11.5 Å². The highest BCUT2D eigenvalue weighted by atomic mass is 15.1. The average Bonchev–Trinajstić information content (AvgIpc) is 2.45. The van der Waals surface area contributed by atoms with Crippen LogP contribution in [0.3, 0.4) is 0 Å². The smallest absolute Gasteiger partial charge is 0.0451 e. The molecule has 0 bridgehead atoms. The molecule has 1 aromatic carbocycles. The van der Waals surface area contributed by atoms with E-state index in [2.05, 4.69) is 47.1 Å². The molecule has 2 rings (SSSR count). The first kappa shape index (κ1) is 14.5. The topological polar surface area (TPSA) is 42.2 Å². The fraction of sp³-hybridized carbons (Fsp3) is 0.353. The minimum atomic E-state index is 0.528. The lowest BCUT2D eigenvalue weighted by Gasteiger charge is -2.27. The minimum Gasteiger partial charge on any atom is -0.367 e. The summed E-state index contributed by atoms with van der Waals surface area (Å²) in [5.74, 6) is 0. The Morgan fingerprint density at radius 2 is 1.85 bits per heavy atom. The van der Waals surface area contributed by atoms with Crippen LogP contribution in [0.4, 0.5) is 5.69 Å². The first-order chi connectivity index (χ1) is 9.65. The number of anilines is 1. The number of pyridine rings is 1. The zero-order chi connectivity index (χ0) is 14.5. The van der Waals surface area contributed by atoms with E-state index in [1.54, 1.807) is 0 Å². The number of aryl methyl sites for hydroxylation is 2. The van der Waals surface area contributed by atoms with Crippen molar-refractivity contribution < 1.29 is 0 Å². The van der Waals surface area contributed by atoms with Gasteiger partial charge < -0.3 is 10.6 Å². The summed E-state index contributed by atoms with van der Waals surface area (Å²) in [6.07, 6.45) is 0. The van der Waals surface area contributed by atoms with Crippen molar-refractivity contribution in [1.29, 1.82) is 0 Å². The molecule has 3 nitrogen and oxygen atoms in total. The summed E-state index contributed by atoms with van der Waals surface area (Å²) >= 11 is 0. The Bertz CT molecular complexity index is 564. The van der Waals surface area contributed by atoms with Crippen LogP contribution >= 0.6 is 0 Å². The van der Waals surface area contributed by atoms with Crippen LogP contribution in [0, 0.1) is 13.8 Å². The number of nitrogens with two attached hydrogens (primary N) is 1. The van der Waals surface area contributed by atoms with E-state index in [1.807, 2.05) is 19.9 Å². The van der Waals surface area contributed by atoms with Crippen molar-refractivity contribution in [3.63, 3.8) is 0 Å². The van der Waals surface area contributed by atoms with E-state index in [1.165, 1.54) is 11.3 Å². The van der Waals surface area contributed by atoms with Crippen LogP contribution in [0.5, 0.6) is 0 Å². The van der Waals surface area contributed by atoms with Gasteiger partial charge in [-0.1, -0.05) is 30.3 Å². The first-order valence-electron chi connectivity index (χ1n) is 7.11. The predicted molar refractivity (Wildman–Crippen MR) is 84.8 cm³/mol. The molecule has 0 radical (unpaired) electrons. The maximum absolute atomic E-state index is 5.92. The number of rotatable bonds is 5. The highest BCUT2D eigenvalue weighted by molar-refractivity contribution is 5.56. The van der Waals surface area contributed by atoms with Gasteiger partial charge in [0.15, 0.2) is 0 Å². The Labute approximate surface area is 121 Å². The molecule has 106 valence electrons. The van der Waals surface area contributed by atoms with Gasteiger partial charge in [-0.2, -0.15) is 0 Å². The molecular formula is C17H23N3. The van der Waals surface area contributed by atoms with Crippen molar-refractivity contribution in [2.45, 2.75) is 33.9 Å². The molecule has 0 aliphatic carbocycles. The van der Waals surface area contributed by atoms with Crippen LogP contribution in [0.15, 0.2) is 36.4 Å². The van der Waals surface area contributed by atoms with Gasteiger partial charge in [0.25, 0.3) is 0 Å². The number of nitrogens with zero attached hydrogens (tertiary/aromatic N) is 2. The lowest BCUT2D eigenvalue weighted by atomic mass is 10.1. The Morgan fingerprint density at radius 3 is 2.45 bits per heavy atom. The molecule has 0 amide bonds. The van der Waals surface area contributed by atoms with Gasteiger partial charge in [-0.25, -0.2) is 0 Å². The summed E-state index contributed by atoms with van der Waals surface area (Å²) < 4.78 is 0. The molecule has 0 aliphatic rings. The van der Waals surface area contributed by atoms with Gasteiger partial charge in [-0.15, -0.1) is 0 Å². The highest BCUT2D eigenvalue weighted by Gasteiger charge is 2.13. The van der Waals surface area contributed by atoms with Gasteiger partial charge in [-0.05, 0) is 32.4 Å². The summed E-state index contributed by atoms with van der Waals surface area (Å²) in [4.78, 5) is 6.88. The molecule has 0 aliphatic heterocycles. The van der Waals surface area contributed by atoms with Crippen LogP contribution in [0.25, 0.3) is 0 Å². The minimum absolute atomic E-state index is 0.528. The first-order valence-corrected chi connectivity index (χ1v) is 7.11. The molecule has 2 aromatic rings. The fourth-order valence-electron chi connectivity index (χ4n) is 2.54. The molecule has 3 heteroatoms. The third kappa shape index (κ3) is 3.17. The van der Waals surface area contributed by atoms with Gasteiger partial charge >= 0.3 is 0 Å². The molecular weight excluding hydrogens is 246 g/mol. The highest BCUT2D eigenvalue weighted by Crippen LogP contribution is 2.25. The second-order valence-corrected chi connectivity index (χ2v) is 5.05. The van der Waals surface area contributed by atoms with Crippen molar-refractivity contribution in [2.75, 3.05) is 11.4 Å². The third-order valence-electron chi connectivity index (χ3n) is 3.58. The fourth-order valence-corrected chi connectivity index (χ4v) is 2.54. The van der Waals surface area contributed by atoms with Gasteiger partial charge in [0.05, 0.1) is 0 Å². The molecule has 0 unspecified atom stereocenters. The molecule has 0 saturated heterocycles. The van der Waals surface area contributed by atoms with Crippen LogP contribution in [-0.2, 0) is 13.1 Å². The molecule has 2 N–H and O–H groups in total. The Hall–Kier alpha value is -1.87. The van der Waals surface area contributed by atoms with Crippen LogP contribution in [0.2, 0.25) is 0 Å². The molecule has 0 atom stereocenters. The monoisotopic (exact) mass is 269 g/mol. The lowest BCUT2D eigenvalue weighted by Crippen LogP contribution is -2.24. The van der Waals surface area contributed by atoms with Gasteiger partial charge in [0, 0.05) is 42.3 Å². The molecule has 0 spiro atoms. The van der Waals surface area contributed by atoms with Crippen molar-refractivity contribution in [2.24, 2.45) is 5.73 Å². The summed E-state index contributed by atoms with van der Waals surface area (Å²) in [7, 11) is 0. The molecule has 1 heterocycles. The Balaban J connectivity index is 2.36. The van der Waals surface area contributed by atoms with Crippen molar-refractivity contribution in [3.8, 4) is 0 Å². The van der Waals surface area contributed by atoms with E-state index in [9.17, 15) is 0 Å². The molecule has 20 heavy (non-hydrogen) atoms. The van der Waals surface area contributed by atoms with Crippen LogP contribution < -0.4 is 10.6 Å². The van der Waals surface area contributed by atoms with E-state index in [-0.39, 0.29) is 0 Å². The summed E-state index contributed by atoms with van der Waals surface area (Å²) in [6, 6.07) is 12.7. The van der Waals surface area contributed by atoms with E-state index < -0.39 is 0 Å². The second kappa shape index (κ2) is 6.53. The molecule has 1 aromatic heterocycles. The maximum atomic E-state index is 5.92.